The van der Waals surface area contributed by atoms with Crippen LogP contribution in [0.25, 0.3) is 0 Å². The van der Waals surface area contributed by atoms with Crippen LogP contribution in [0, 0.1) is 13.8 Å². The lowest BCUT2D eigenvalue weighted by atomic mass is 10.0. The third-order valence-corrected chi connectivity index (χ3v) is 4.59. The second kappa shape index (κ2) is 6.44. The smallest absolute Gasteiger partial charge is 0.325 e. The summed E-state index contributed by atoms with van der Waals surface area (Å²) in [5, 5.41) is 15.1. The lowest BCUT2D eigenvalue weighted by molar-refractivity contribution is -0.137. The van der Waals surface area contributed by atoms with E-state index in [-0.39, 0.29) is 17.0 Å². The minimum Gasteiger partial charge on any atom is -0.480 e. The summed E-state index contributed by atoms with van der Waals surface area (Å²) < 4.78 is 24.6. The number of hydrogen-bond donors (Lipinski definition) is 2. The first-order valence-electron chi connectivity index (χ1n) is 6.95. The van der Waals surface area contributed by atoms with Gasteiger partial charge in [0.1, 0.15) is 6.54 Å². The molecule has 128 valence electrons. The van der Waals surface area contributed by atoms with Crippen LogP contribution in [-0.4, -0.2) is 41.4 Å². The Morgan fingerprint density at radius 1 is 1.29 bits per heavy atom. The molecule has 0 aliphatic rings. The van der Waals surface area contributed by atoms with Crippen molar-refractivity contribution in [2.75, 3.05) is 11.6 Å². The van der Waals surface area contributed by atoms with E-state index < -0.39 is 21.7 Å². The number of rotatable bonds is 5. The van der Waals surface area contributed by atoms with Crippen molar-refractivity contribution in [3.05, 3.63) is 41.2 Å². The highest BCUT2D eigenvalue weighted by atomic mass is 32.2. The topological polar surface area (TPSA) is 118 Å². The Hall–Kier alpha value is -2.68. The van der Waals surface area contributed by atoms with Gasteiger partial charge in [-0.15, -0.1) is 0 Å². The van der Waals surface area contributed by atoms with Gasteiger partial charge >= 0.3 is 5.97 Å². The van der Waals surface area contributed by atoms with Crippen LogP contribution in [0.3, 0.4) is 0 Å². The number of anilines is 1. The Balaban J connectivity index is 2.31. The van der Waals surface area contributed by atoms with E-state index in [4.69, 9.17) is 5.11 Å². The number of carbonyl (C=O) groups excluding carboxylic acids is 1. The number of hydrogen-bond acceptors (Lipinski definition) is 5. The Labute approximate surface area is 139 Å². The molecule has 0 radical (unpaired) electrons. The molecule has 0 bridgehead atoms. The summed E-state index contributed by atoms with van der Waals surface area (Å²) in [6.07, 6.45) is 3.78. The summed E-state index contributed by atoms with van der Waals surface area (Å²) >= 11 is 0. The Bertz CT molecular complexity index is 915. The summed E-state index contributed by atoms with van der Waals surface area (Å²) in [5.74, 6) is -1.54. The van der Waals surface area contributed by atoms with Gasteiger partial charge in [0.05, 0.1) is 16.8 Å². The van der Waals surface area contributed by atoms with Crippen LogP contribution in [-0.2, 0) is 21.2 Å². The minimum atomic E-state index is -3.44. The second-order valence-corrected chi connectivity index (χ2v) is 7.48. The van der Waals surface area contributed by atoms with E-state index in [9.17, 15) is 18.0 Å². The SMILES string of the molecule is Cc1cc(S(C)(=O)=O)cc(C(=O)Nc2cnn(CC(=O)O)c2)c1C. The molecular formula is C15H17N3O5S. The first-order chi connectivity index (χ1) is 11.1. The van der Waals surface area contributed by atoms with Gasteiger partial charge in [-0.2, -0.15) is 5.10 Å². The summed E-state index contributed by atoms with van der Waals surface area (Å²) in [6, 6.07) is 2.85. The molecule has 0 aliphatic carbocycles. The number of nitrogens with one attached hydrogen (secondary N) is 1. The minimum absolute atomic E-state index is 0.0670. The zero-order valence-corrected chi connectivity index (χ0v) is 14.2. The highest BCUT2D eigenvalue weighted by Crippen LogP contribution is 2.21. The van der Waals surface area contributed by atoms with Gasteiger partial charge in [-0.25, -0.2) is 8.42 Å². The summed E-state index contributed by atoms with van der Waals surface area (Å²) in [5.41, 5.74) is 1.91. The number of sulfone groups is 1. The lowest BCUT2D eigenvalue weighted by Crippen LogP contribution is -2.15. The zero-order valence-electron chi connectivity index (χ0n) is 13.4. The van der Waals surface area contributed by atoms with E-state index in [0.717, 1.165) is 6.26 Å². The van der Waals surface area contributed by atoms with E-state index in [1.165, 1.54) is 29.2 Å². The average Bonchev–Trinajstić information content (AvgIpc) is 2.86. The van der Waals surface area contributed by atoms with Gasteiger partial charge < -0.3 is 10.4 Å². The Morgan fingerprint density at radius 2 is 1.96 bits per heavy atom. The third kappa shape index (κ3) is 3.99. The maximum Gasteiger partial charge on any atom is 0.325 e. The van der Waals surface area contributed by atoms with Gasteiger partial charge in [0, 0.05) is 18.0 Å². The van der Waals surface area contributed by atoms with Crippen LogP contribution < -0.4 is 5.32 Å². The van der Waals surface area contributed by atoms with Crippen LogP contribution in [0.2, 0.25) is 0 Å². The van der Waals surface area contributed by atoms with Crippen LogP contribution in [0.15, 0.2) is 29.4 Å². The third-order valence-electron chi connectivity index (χ3n) is 3.50. The molecule has 0 fully saturated rings. The van der Waals surface area contributed by atoms with Crippen molar-refractivity contribution in [1.29, 1.82) is 0 Å². The molecule has 8 nitrogen and oxygen atoms in total. The van der Waals surface area contributed by atoms with E-state index >= 15 is 0 Å². The quantitative estimate of drug-likeness (QED) is 0.837. The standard InChI is InChI=1S/C15H17N3O5S/c1-9-4-12(24(3,22)23)5-13(10(9)2)15(21)17-11-6-16-18(7-11)8-14(19)20/h4-7H,8H2,1-3H3,(H,17,21)(H,19,20). The fraction of sp³-hybridized carbons (Fsp3) is 0.267. The van der Waals surface area contributed by atoms with Crippen LogP contribution in [0.4, 0.5) is 5.69 Å². The Kier molecular flexibility index (Phi) is 4.74. The number of carboxylic acid groups (broad SMARTS) is 1. The molecule has 0 saturated carbocycles. The van der Waals surface area contributed by atoms with Crippen LogP contribution in [0.5, 0.6) is 0 Å². The number of benzene rings is 1. The molecule has 1 aromatic heterocycles. The maximum absolute atomic E-state index is 12.4. The van der Waals surface area contributed by atoms with E-state index in [2.05, 4.69) is 10.4 Å². The van der Waals surface area contributed by atoms with Crippen molar-refractivity contribution in [1.82, 2.24) is 9.78 Å². The molecule has 1 aromatic carbocycles. The normalized spacial score (nSPS) is 11.3. The summed E-state index contributed by atoms with van der Waals surface area (Å²) in [4.78, 5) is 23.1. The number of aromatic nitrogens is 2. The summed E-state index contributed by atoms with van der Waals surface area (Å²) in [7, 11) is -3.44. The van der Waals surface area contributed by atoms with Gasteiger partial charge in [0.15, 0.2) is 9.84 Å². The lowest BCUT2D eigenvalue weighted by Gasteiger charge is -2.11. The summed E-state index contributed by atoms with van der Waals surface area (Å²) in [6.45, 7) is 3.13. The second-order valence-electron chi connectivity index (χ2n) is 5.46. The fourth-order valence-corrected chi connectivity index (χ4v) is 2.85. The van der Waals surface area contributed by atoms with E-state index in [1.807, 2.05) is 0 Å². The molecule has 2 N–H and O–H groups in total. The molecule has 1 heterocycles. The monoisotopic (exact) mass is 351 g/mol. The van der Waals surface area contributed by atoms with Crippen molar-refractivity contribution in [2.24, 2.45) is 0 Å². The number of nitrogens with zero attached hydrogens (tertiary/aromatic N) is 2. The van der Waals surface area contributed by atoms with Crippen molar-refractivity contribution in [2.45, 2.75) is 25.3 Å². The molecular weight excluding hydrogens is 334 g/mol. The Morgan fingerprint density at radius 3 is 2.54 bits per heavy atom. The molecule has 0 aliphatic heterocycles. The number of aryl methyl sites for hydroxylation is 1. The van der Waals surface area contributed by atoms with E-state index in [1.54, 1.807) is 13.8 Å². The number of carboxylic acids is 1. The highest BCUT2D eigenvalue weighted by Gasteiger charge is 2.17. The van der Waals surface area contributed by atoms with Crippen LogP contribution in [0.1, 0.15) is 21.5 Å². The van der Waals surface area contributed by atoms with E-state index in [0.29, 0.717) is 16.8 Å². The van der Waals surface area contributed by atoms with Crippen molar-refractivity contribution >= 4 is 27.4 Å². The molecule has 0 spiro atoms. The largest absolute Gasteiger partial charge is 0.480 e. The zero-order chi connectivity index (χ0) is 18.1. The van der Waals surface area contributed by atoms with Gasteiger partial charge in [-0.3, -0.25) is 14.3 Å². The van der Waals surface area contributed by atoms with Crippen LogP contribution >= 0.6 is 0 Å². The number of aliphatic carboxylic acids is 1. The number of amides is 1. The fourth-order valence-electron chi connectivity index (χ4n) is 2.13. The molecule has 9 heteroatoms. The molecule has 0 atom stereocenters. The first kappa shape index (κ1) is 17.7. The van der Waals surface area contributed by atoms with Crippen molar-refractivity contribution in [3.63, 3.8) is 0 Å². The molecule has 0 saturated heterocycles. The molecule has 0 unspecified atom stereocenters. The molecule has 2 rings (SSSR count). The van der Waals surface area contributed by atoms with Crippen molar-refractivity contribution < 1.29 is 23.1 Å². The number of carbonyl (C=O) groups is 2. The predicted octanol–water partition coefficient (Wildman–Crippen LogP) is 1.24. The first-order valence-corrected chi connectivity index (χ1v) is 8.84. The van der Waals surface area contributed by atoms with Gasteiger partial charge in [-0.1, -0.05) is 0 Å². The maximum atomic E-state index is 12.4. The van der Waals surface area contributed by atoms with Gasteiger partial charge in [-0.05, 0) is 37.1 Å². The molecule has 2 aromatic rings. The highest BCUT2D eigenvalue weighted by molar-refractivity contribution is 7.90. The average molecular weight is 351 g/mol. The molecule has 24 heavy (non-hydrogen) atoms. The molecule has 1 amide bonds. The van der Waals surface area contributed by atoms with Gasteiger partial charge in [0.25, 0.3) is 5.91 Å². The predicted molar refractivity (Wildman–Crippen MR) is 86.8 cm³/mol. The van der Waals surface area contributed by atoms with Gasteiger partial charge in [0.2, 0.25) is 0 Å². The van der Waals surface area contributed by atoms with Crippen molar-refractivity contribution in [3.8, 4) is 0 Å².